The van der Waals surface area contributed by atoms with E-state index in [2.05, 4.69) is 0 Å². The Kier molecular flexibility index (Phi) is 2.99. The van der Waals surface area contributed by atoms with E-state index in [0.29, 0.717) is 5.69 Å². The quantitative estimate of drug-likeness (QED) is 0.490. The third kappa shape index (κ3) is 2.00. The van der Waals surface area contributed by atoms with Crippen molar-refractivity contribution in [2.75, 3.05) is 0 Å². The van der Waals surface area contributed by atoms with Crippen molar-refractivity contribution in [3.8, 4) is 11.1 Å². The van der Waals surface area contributed by atoms with Crippen molar-refractivity contribution in [3.63, 3.8) is 0 Å². The van der Waals surface area contributed by atoms with E-state index < -0.39 is 11.0 Å². The Hall–Kier alpha value is -1.87. The van der Waals surface area contributed by atoms with Gasteiger partial charge in [-0.1, -0.05) is 30.3 Å². The minimum Gasteiger partial charge on any atom is -0.341 e. The molecule has 1 aliphatic rings. The summed E-state index contributed by atoms with van der Waals surface area (Å²) in [6.07, 6.45) is 1.92. The van der Waals surface area contributed by atoms with Crippen molar-refractivity contribution in [2.24, 2.45) is 0 Å². The van der Waals surface area contributed by atoms with Gasteiger partial charge in [-0.15, -0.1) is 0 Å². The number of benzene rings is 1. The van der Waals surface area contributed by atoms with Gasteiger partial charge in [-0.2, -0.15) is 0 Å². The van der Waals surface area contributed by atoms with E-state index in [9.17, 15) is 9.59 Å². The van der Waals surface area contributed by atoms with Crippen molar-refractivity contribution in [1.82, 2.24) is 4.57 Å². The van der Waals surface area contributed by atoms with Gasteiger partial charge >= 0.3 is 0 Å². The summed E-state index contributed by atoms with van der Waals surface area (Å²) < 4.78 is 1.92. The van der Waals surface area contributed by atoms with Gasteiger partial charge in [0.25, 0.3) is 11.0 Å². The van der Waals surface area contributed by atoms with E-state index in [0.717, 1.165) is 36.2 Å². The largest absolute Gasteiger partial charge is 0.341 e. The molecule has 2 aromatic rings. The molecule has 1 aromatic carbocycles. The maximum absolute atomic E-state index is 11.8. The minimum atomic E-state index is -0.924. The Morgan fingerprint density at radius 2 is 1.89 bits per heavy atom. The highest BCUT2D eigenvalue weighted by Crippen LogP contribution is 2.32. The van der Waals surface area contributed by atoms with Gasteiger partial charge < -0.3 is 4.57 Å². The zero-order valence-corrected chi connectivity index (χ0v) is 11.0. The lowest BCUT2D eigenvalue weighted by molar-refractivity contribution is -0.108. The second kappa shape index (κ2) is 4.67. The monoisotopic (exact) mass is 273 g/mol. The number of aromatic nitrogens is 1. The van der Waals surface area contributed by atoms with Crippen molar-refractivity contribution in [1.29, 1.82) is 0 Å². The van der Waals surface area contributed by atoms with E-state index in [-0.39, 0.29) is 0 Å². The van der Waals surface area contributed by atoms with Gasteiger partial charge in [0.15, 0.2) is 0 Å². The van der Waals surface area contributed by atoms with Crippen LogP contribution in [-0.4, -0.2) is 15.6 Å². The van der Waals surface area contributed by atoms with Crippen LogP contribution in [0.3, 0.4) is 0 Å². The number of carbonyl (C=O) groups is 2. The fourth-order valence-corrected chi connectivity index (χ4v) is 2.77. The Morgan fingerprint density at radius 1 is 1.16 bits per heavy atom. The Labute approximate surface area is 115 Å². The first-order valence-electron chi connectivity index (χ1n) is 6.20. The summed E-state index contributed by atoms with van der Waals surface area (Å²) in [6, 6.07) is 11.7. The van der Waals surface area contributed by atoms with Crippen molar-refractivity contribution in [2.45, 2.75) is 19.4 Å². The molecule has 0 unspecified atom stereocenters. The minimum absolute atomic E-state index is 0.409. The van der Waals surface area contributed by atoms with Crippen molar-refractivity contribution >= 4 is 22.6 Å². The van der Waals surface area contributed by atoms with E-state index >= 15 is 0 Å². The molecule has 19 heavy (non-hydrogen) atoms. The van der Waals surface area contributed by atoms with Gasteiger partial charge in [-0.25, -0.2) is 0 Å². The first-order chi connectivity index (χ1) is 9.18. The molecule has 0 N–H and O–H groups in total. The molecule has 0 saturated carbocycles. The average molecular weight is 274 g/mol. The summed E-state index contributed by atoms with van der Waals surface area (Å²) in [6.45, 7) is 0.771. The third-order valence-electron chi connectivity index (χ3n) is 3.50. The summed E-state index contributed by atoms with van der Waals surface area (Å²) in [5.41, 5.74) is 3.62. The summed E-state index contributed by atoms with van der Waals surface area (Å²) in [4.78, 5) is 22.9. The molecule has 1 aromatic heterocycles. The molecule has 0 aliphatic carbocycles. The molecule has 0 fully saturated rings. The lowest BCUT2D eigenvalue weighted by Gasteiger charge is -2.02. The van der Waals surface area contributed by atoms with Gasteiger partial charge in [0, 0.05) is 17.8 Å². The Morgan fingerprint density at radius 3 is 2.58 bits per heavy atom. The number of carbonyl (C=O) groups excluding carboxylic acids is 2. The highest BCUT2D eigenvalue weighted by molar-refractivity contribution is 6.83. The van der Waals surface area contributed by atoms with Crippen LogP contribution in [0.2, 0.25) is 0 Å². The molecule has 4 heteroatoms. The van der Waals surface area contributed by atoms with Gasteiger partial charge in [0.1, 0.15) is 0 Å². The van der Waals surface area contributed by atoms with Gasteiger partial charge in [-0.3, -0.25) is 9.59 Å². The molecule has 96 valence electrons. The number of fused-ring (bicyclic) bond motifs is 1. The molecule has 2 heterocycles. The summed E-state index contributed by atoms with van der Waals surface area (Å²) in [5.74, 6) is -0.619. The van der Waals surface area contributed by atoms with Crippen molar-refractivity contribution in [3.05, 3.63) is 47.8 Å². The first kappa shape index (κ1) is 12.2. The number of nitrogens with zero attached hydrogens (tertiary/aromatic N) is 1. The molecule has 0 amide bonds. The first-order valence-corrected chi connectivity index (χ1v) is 6.58. The molecule has 3 rings (SSSR count). The Balaban J connectivity index is 2.16. The number of halogens is 1. The number of Topliss-reactive ketones (excluding diaryl/α,β-unsaturated/α-hetero) is 1. The average Bonchev–Trinajstić information content (AvgIpc) is 3.00. The standard InChI is InChI=1S/C15H12ClNO2/c16-15(19)14(18)13-9-11(10-5-2-1-3-6-10)12-7-4-8-17(12)13/h1-3,5-6,9H,4,7-8H2. The molecule has 1 aliphatic heterocycles. The molecule has 0 atom stereocenters. The fraction of sp³-hybridized carbons (Fsp3) is 0.200. The summed E-state index contributed by atoms with van der Waals surface area (Å²) >= 11 is 5.32. The summed E-state index contributed by atoms with van der Waals surface area (Å²) in [7, 11) is 0. The van der Waals surface area contributed by atoms with Gasteiger partial charge in [-0.05, 0) is 36.1 Å². The second-order valence-corrected chi connectivity index (χ2v) is 4.96. The van der Waals surface area contributed by atoms with Crippen LogP contribution >= 0.6 is 11.6 Å². The number of ketones is 1. The highest BCUT2D eigenvalue weighted by Gasteiger charge is 2.26. The number of hydrogen-bond acceptors (Lipinski definition) is 2. The zero-order chi connectivity index (χ0) is 13.4. The molecule has 3 nitrogen and oxygen atoms in total. The van der Waals surface area contributed by atoms with Crippen LogP contribution in [0, 0.1) is 0 Å². The molecule has 0 spiro atoms. The molecular weight excluding hydrogens is 262 g/mol. The normalized spacial score (nSPS) is 13.3. The SMILES string of the molecule is O=C(Cl)C(=O)c1cc(-c2ccccc2)c2n1CCC2. The molecule has 0 bridgehead atoms. The smallest absolute Gasteiger partial charge is 0.294 e. The molecule has 0 saturated heterocycles. The molecule has 0 radical (unpaired) electrons. The maximum Gasteiger partial charge on any atom is 0.294 e. The van der Waals surface area contributed by atoms with E-state index in [1.54, 1.807) is 6.07 Å². The lowest BCUT2D eigenvalue weighted by atomic mass is 10.0. The van der Waals surface area contributed by atoms with E-state index in [1.165, 1.54) is 0 Å². The van der Waals surface area contributed by atoms with Crippen LogP contribution in [0.15, 0.2) is 36.4 Å². The number of rotatable bonds is 3. The van der Waals surface area contributed by atoms with Crippen LogP contribution in [-0.2, 0) is 17.8 Å². The number of hydrogen-bond donors (Lipinski definition) is 0. The van der Waals surface area contributed by atoms with Crippen LogP contribution in [0.25, 0.3) is 11.1 Å². The van der Waals surface area contributed by atoms with E-state index in [1.807, 2.05) is 34.9 Å². The molecular formula is C15H12ClNO2. The zero-order valence-electron chi connectivity index (χ0n) is 10.2. The van der Waals surface area contributed by atoms with Crippen LogP contribution in [0.1, 0.15) is 22.6 Å². The topological polar surface area (TPSA) is 39.1 Å². The predicted molar refractivity (Wildman–Crippen MR) is 73.4 cm³/mol. The predicted octanol–water partition coefficient (Wildman–Crippen LogP) is 3.05. The second-order valence-electron chi connectivity index (χ2n) is 4.61. The van der Waals surface area contributed by atoms with Crippen LogP contribution < -0.4 is 0 Å². The highest BCUT2D eigenvalue weighted by atomic mass is 35.5. The van der Waals surface area contributed by atoms with Gasteiger partial charge in [0.05, 0.1) is 5.69 Å². The summed E-state index contributed by atoms with van der Waals surface area (Å²) in [5, 5.41) is -0.924. The van der Waals surface area contributed by atoms with Crippen LogP contribution in [0.5, 0.6) is 0 Å². The van der Waals surface area contributed by atoms with Crippen LogP contribution in [0.4, 0.5) is 0 Å². The lowest BCUT2D eigenvalue weighted by Crippen LogP contribution is -2.13. The Bertz CT molecular complexity index is 658. The third-order valence-corrected chi connectivity index (χ3v) is 3.67. The van der Waals surface area contributed by atoms with Gasteiger partial charge in [0.2, 0.25) is 0 Å². The fourth-order valence-electron chi connectivity index (χ4n) is 2.67. The van der Waals surface area contributed by atoms with Crippen molar-refractivity contribution < 1.29 is 9.59 Å². The van der Waals surface area contributed by atoms with E-state index in [4.69, 9.17) is 11.6 Å². The maximum atomic E-state index is 11.8.